The molecule has 0 aliphatic heterocycles. The van der Waals surface area contributed by atoms with Gasteiger partial charge in [-0.3, -0.25) is 0 Å². The van der Waals surface area contributed by atoms with Crippen LogP contribution >= 0.6 is 12.4 Å². The molecule has 19 heavy (non-hydrogen) atoms. The lowest BCUT2D eigenvalue weighted by molar-refractivity contribution is 0.432. The maximum absolute atomic E-state index is 9.91. The number of hydrogen-bond acceptors (Lipinski definition) is 3. The van der Waals surface area contributed by atoms with E-state index in [1.54, 1.807) is 18.3 Å². The Morgan fingerprint density at radius 3 is 2.37 bits per heavy atom. The Morgan fingerprint density at radius 2 is 1.68 bits per heavy atom. The molecule has 0 spiro atoms. The molecule has 0 unspecified atom stereocenters. The molecule has 5 heteroatoms. The van der Waals surface area contributed by atoms with E-state index in [0.717, 1.165) is 11.3 Å². The molecule has 0 saturated heterocycles. The lowest BCUT2D eigenvalue weighted by atomic mass is 10.2. The number of nitrogens with zero attached hydrogens (tertiary/aromatic N) is 3. The summed E-state index contributed by atoms with van der Waals surface area (Å²) < 4.78 is 1.42. The van der Waals surface area contributed by atoms with Gasteiger partial charge in [-0.05, 0) is 12.1 Å². The maximum atomic E-state index is 9.91. The van der Waals surface area contributed by atoms with Crippen LogP contribution in [0.3, 0.4) is 0 Å². The SMILES string of the molecule is Cl.Oc1cc(-c2ccccc2)nn1-c1ccccn1. The molecule has 0 radical (unpaired) electrons. The van der Waals surface area contributed by atoms with Crippen LogP contribution in [-0.2, 0) is 0 Å². The Balaban J connectivity index is 0.00000133. The molecular weight excluding hydrogens is 262 g/mol. The van der Waals surface area contributed by atoms with E-state index in [1.807, 2.05) is 42.5 Å². The van der Waals surface area contributed by atoms with E-state index in [1.165, 1.54) is 4.68 Å². The molecule has 2 aromatic heterocycles. The Kier molecular flexibility index (Phi) is 3.82. The Morgan fingerprint density at radius 1 is 0.947 bits per heavy atom. The fraction of sp³-hybridized carbons (Fsp3) is 0. The Labute approximate surface area is 116 Å². The minimum absolute atomic E-state index is 0. The first-order valence-corrected chi connectivity index (χ1v) is 5.60. The third-order valence-electron chi connectivity index (χ3n) is 2.63. The highest BCUT2D eigenvalue weighted by Crippen LogP contribution is 2.24. The molecule has 3 aromatic rings. The van der Waals surface area contributed by atoms with Gasteiger partial charge in [0, 0.05) is 17.8 Å². The van der Waals surface area contributed by atoms with Crippen LogP contribution in [0, 0.1) is 0 Å². The summed E-state index contributed by atoms with van der Waals surface area (Å²) in [7, 11) is 0. The predicted octanol–water partition coefficient (Wildman–Crippen LogP) is 3.06. The van der Waals surface area contributed by atoms with Crippen LogP contribution in [0.15, 0.2) is 60.8 Å². The van der Waals surface area contributed by atoms with Gasteiger partial charge in [-0.25, -0.2) is 4.98 Å². The molecule has 0 aliphatic carbocycles. The molecule has 3 rings (SSSR count). The van der Waals surface area contributed by atoms with E-state index in [0.29, 0.717) is 5.82 Å². The molecular formula is C14H12ClN3O. The highest BCUT2D eigenvalue weighted by Gasteiger charge is 2.10. The monoisotopic (exact) mass is 273 g/mol. The van der Waals surface area contributed by atoms with Crippen LogP contribution in [0.4, 0.5) is 0 Å². The van der Waals surface area contributed by atoms with Crippen molar-refractivity contribution in [1.29, 1.82) is 0 Å². The molecule has 0 bridgehead atoms. The molecule has 0 fully saturated rings. The van der Waals surface area contributed by atoms with Gasteiger partial charge in [0.1, 0.15) is 0 Å². The molecule has 0 aliphatic rings. The molecule has 1 aromatic carbocycles. The van der Waals surface area contributed by atoms with Gasteiger partial charge in [0.2, 0.25) is 5.88 Å². The average Bonchev–Trinajstić information content (AvgIpc) is 2.83. The van der Waals surface area contributed by atoms with Gasteiger partial charge < -0.3 is 5.11 Å². The van der Waals surface area contributed by atoms with E-state index >= 15 is 0 Å². The van der Waals surface area contributed by atoms with Crippen molar-refractivity contribution in [3.63, 3.8) is 0 Å². The van der Waals surface area contributed by atoms with Crippen LogP contribution < -0.4 is 0 Å². The lowest BCUT2D eigenvalue weighted by Crippen LogP contribution is -1.98. The van der Waals surface area contributed by atoms with E-state index < -0.39 is 0 Å². The molecule has 96 valence electrons. The molecule has 4 nitrogen and oxygen atoms in total. The molecule has 0 amide bonds. The van der Waals surface area contributed by atoms with Gasteiger partial charge in [-0.15, -0.1) is 12.4 Å². The molecule has 2 heterocycles. The first kappa shape index (κ1) is 13.1. The van der Waals surface area contributed by atoms with Crippen molar-refractivity contribution in [2.75, 3.05) is 0 Å². The van der Waals surface area contributed by atoms with E-state index in [9.17, 15) is 5.11 Å². The minimum atomic E-state index is 0. The summed E-state index contributed by atoms with van der Waals surface area (Å²) in [6.07, 6.45) is 1.67. The zero-order valence-electron chi connectivity index (χ0n) is 9.97. The van der Waals surface area contributed by atoms with Crippen LogP contribution in [0.25, 0.3) is 17.1 Å². The standard InChI is InChI=1S/C14H11N3O.ClH/c18-14-10-12(11-6-2-1-3-7-11)16-17(14)13-8-4-5-9-15-13;/h1-10,18H;1H. The summed E-state index contributed by atoms with van der Waals surface area (Å²) in [5.74, 6) is 0.671. The number of aromatic nitrogens is 3. The zero-order chi connectivity index (χ0) is 12.4. The van der Waals surface area contributed by atoms with Gasteiger partial charge in [0.05, 0.1) is 5.69 Å². The largest absolute Gasteiger partial charge is 0.493 e. The van der Waals surface area contributed by atoms with Crippen molar-refractivity contribution in [2.24, 2.45) is 0 Å². The van der Waals surface area contributed by atoms with Gasteiger partial charge in [0.15, 0.2) is 5.82 Å². The van der Waals surface area contributed by atoms with E-state index in [-0.39, 0.29) is 18.3 Å². The summed E-state index contributed by atoms with van der Waals surface area (Å²) in [5.41, 5.74) is 1.68. The number of pyridine rings is 1. The van der Waals surface area contributed by atoms with Crippen LogP contribution in [0.2, 0.25) is 0 Å². The van der Waals surface area contributed by atoms with Gasteiger partial charge in [-0.1, -0.05) is 36.4 Å². The summed E-state index contributed by atoms with van der Waals surface area (Å²) in [6.45, 7) is 0. The highest BCUT2D eigenvalue weighted by molar-refractivity contribution is 5.85. The van der Waals surface area contributed by atoms with Crippen LogP contribution in [0.5, 0.6) is 5.88 Å². The van der Waals surface area contributed by atoms with Crippen molar-refractivity contribution in [1.82, 2.24) is 14.8 Å². The van der Waals surface area contributed by atoms with E-state index in [4.69, 9.17) is 0 Å². The van der Waals surface area contributed by atoms with Crippen molar-refractivity contribution in [3.05, 3.63) is 60.8 Å². The van der Waals surface area contributed by atoms with Crippen LogP contribution in [-0.4, -0.2) is 19.9 Å². The number of aromatic hydroxyl groups is 1. The highest BCUT2D eigenvalue weighted by atomic mass is 35.5. The third kappa shape index (κ3) is 2.58. The van der Waals surface area contributed by atoms with Gasteiger partial charge >= 0.3 is 0 Å². The molecule has 0 atom stereocenters. The van der Waals surface area contributed by atoms with Crippen molar-refractivity contribution >= 4 is 12.4 Å². The second kappa shape index (κ2) is 5.54. The minimum Gasteiger partial charge on any atom is -0.493 e. The van der Waals surface area contributed by atoms with Gasteiger partial charge in [0.25, 0.3) is 0 Å². The molecule has 1 N–H and O–H groups in total. The smallest absolute Gasteiger partial charge is 0.216 e. The number of halogens is 1. The number of hydrogen-bond donors (Lipinski definition) is 1. The maximum Gasteiger partial charge on any atom is 0.216 e. The fourth-order valence-electron chi connectivity index (χ4n) is 1.77. The van der Waals surface area contributed by atoms with Crippen molar-refractivity contribution < 1.29 is 5.11 Å². The summed E-state index contributed by atoms with van der Waals surface area (Å²) >= 11 is 0. The average molecular weight is 274 g/mol. The Bertz CT molecular complexity index is 653. The normalized spacial score (nSPS) is 9.89. The third-order valence-corrected chi connectivity index (χ3v) is 2.63. The van der Waals surface area contributed by atoms with Crippen LogP contribution in [0.1, 0.15) is 0 Å². The quantitative estimate of drug-likeness (QED) is 0.781. The van der Waals surface area contributed by atoms with E-state index in [2.05, 4.69) is 10.1 Å². The second-order valence-corrected chi connectivity index (χ2v) is 3.85. The number of rotatable bonds is 2. The topological polar surface area (TPSA) is 50.9 Å². The fourth-order valence-corrected chi connectivity index (χ4v) is 1.77. The second-order valence-electron chi connectivity index (χ2n) is 3.85. The molecule has 0 saturated carbocycles. The predicted molar refractivity (Wildman–Crippen MR) is 75.7 cm³/mol. The van der Waals surface area contributed by atoms with Gasteiger partial charge in [-0.2, -0.15) is 9.78 Å². The Hall–Kier alpha value is -2.33. The summed E-state index contributed by atoms with van der Waals surface area (Å²) in [4.78, 5) is 4.16. The van der Waals surface area contributed by atoms with Crippen molar-refractivity contribution in [3.8, 4) is 23.0 Å². The lowest BCUT2D eigenvalue weighted by Gasteiger charge is -2.00. The number of benzene rings is 1. The van der Waals surface area contributed by atoms with Crippen molar-refractivity contribution in [2.45, 2.75) is 0 Å². The first-order chi connectivity index (χ1) is 8.84. The summed E-state index contributed by atoms with van der Waals surface area (Å²) in [5, 5.41) is 14.3. The summed E-state index contributed by atoms with van der Waals surface area (Å²) in [6, 6.07) is 16.8. The first-order valence-electron chi connectivity index (χ1n) is 5.60. The zero-order valence-corrected chi connectivity index (χ0v) is 10.8.